The van der Waals surface area contributed by atoms with Crippen molar-refractivity contribution in [1.29, 1.82) is 0 Å². The molecule has 2 nitrogen and oxygen atoms in total. The number of nitrogens with one attached hydrogen (secondary N) is 1. The van der Waals surface area contributed by atoms with Gasteiger partial charge in [0.25, 0.3) is 0 Å². The van der Waals surface area contributed by atoms with E-state index in [1.165, 1.54) is 17.5 Å². The van der Waals surface area contributed by atoms with E-state index in [0.717, 1.165) is 13.1 Å². The first kappa shape index (κ1) is 13.6. The fourth-order valence-corrected chi connectivity index (χ4v) is 3.15. The van der Waals surface area contributed by atoms with Crippen molar-refractivity contribution >= 4 is 0 Å². The number of rotatable bonds is 3. The first-order valence-electron chi connectivity index (χ1n) is 6.88. The number of hydrogen-bond donors (Lipinski definition) is 1. The van der Waals surface area contributed by atoms with Crippen LogP contribution in [0.3, 0.4) is 0 Å². The molecule has 3 atom stereocenters. The minimum Gasteiger partial charge on any atom is -0.381 e. The highest BCUT2D eigenvalue weighted by Gasteiger charge is 2.41. The lowest BCUT2D eigenvalue weighted by Crippen LogP contribution is -2.48. The molecule has 1 aromatic carbocycles. The van der Waals surface area contributed by atoms with Crippen LogP contribution in [-0.4, -0.2) is 26.3 Å². The summed E-state index contributed by atoms with van der Waals surface area (Å²) >= 11 is 0. The van der Waals surface area contributed by atoms with Crippen LogP contribution in [0.15, 0.2) is 24.3 Å². The molecule has 3 unspecified atom stereocenters. The van der Waals surface area contributed by atoms with Gasteiger partial charge in [-0.3, -0.25) is 0 Å². The highest BCUT2D eigenvalue weighted by Crippen LogP contribution is 2.44. The van der Waals surface area contributed by atoms with E-state index in [1.807, 2.05) is 7.11 Å². The van der Waals surface area contributed by atoms with Crippen LogP contribution in [0.25, 0.3) is 0 Å². The normalized spacial score (nSPS) is 30.1. The number of aryl methyl sites for hydroxylation is 1. The van der Waals surface area contributed by atoms with Gasteiger partial charge in [0, 0.05) is 25.0 Å². The molecule has 1 N–H and O–H groups in total. The molecule has 2 rings (SSSR count). The number of hydrogen-bond acceptors (Lipinski definition) is 2. The molecule has 0 spiro atoms. The molecule has 0 amide bonds. The zero-order chi connectivity index (χ0) is 13.2. The highest BCUT2D eigenvalue weighted by atomic mass is 16.5. The third-order valence-corrected chi connectivity index (χ3v) is 4.71. The molecule has 0 radical (unpaired) electrons. The van der Waals surface area contributed by atoms with Crippen LogP contribution in [0, 0.1) is 12.3 Å². The Kier molecular flexibility index (Phi) is 4.08. The Labute approximate surface area is 111 Å². The molecule has 100 valence electrons. The number of methoxy groups -OCH3 is 1. The van der Waals surface area contributed by atoms with Gasteiger partial charge in [-0.2, -0.15) is 0 Å². The summed E-state index contributed by atoms with van der Waals surface area (Å²) in [6.45, 7) is 8.88. The monoisotopic (exact) mass is 247 g/mol. The van der Waals surface area contributed by atoms with E-state index in [9.17, 15) is 0 Å². The van der Waals surface area contributed by atoms with Crippen LogP contribution in [0.4, 0.5) is 0 Å². The topological polar surface area (TPSA) is 21.3 Å². The summed E-state index contributed by atoms with van der Waals surface area (Å²) in [4.78, 5) is 0. The maximum Gasteiger partial charge on any atom is 0.0603 e. The molecule has 0 bridgehead atoms. The lowest BCUT2D eigenvalue weighted by Gasteiger charge is -2.45. The average Bonchev–Trinajstić information content (AvgIpc) is 2.38. The maximum absolute atomic E-state index is 5.65. The Morgan fingerprint density at radius 3 is 2.89 bits per heavy atom. The van der Waals surface area contributed by atoms with Crippen molar-refractivity contribution in [1.82, 2.24) is 5.32 Å². The molecule has 0 aliphatic carbocycles. The number of piperidine rings is 1. The van der Waals surface area contributed by atoms with E-state index in [0.29, 0.717) is 5.92 Å². The minimum absolute atomic E-state index is 0.216. The van der Waals surface area contributed by atoms with Crippen molar-refractivity contribution in [2.75, 3.05) is 20.2 Å². The molecular weight excluding hydrogens is 222 g/mol. The van der Waals surface area contributed by atoms with Crippen LogP contribution in [0.2, 0.25) is 0 Å². The molecule has 1 aromatic rings. The minimum atomic E-state index is 0.216. The molecule has 0 saturated carbocycles. The second-order valence-corrected chi connectivity index (χ2v) is 5.80. The predicted molar refractivity (Wildman–Crippen MR) is 76.0 cm³/mol. The summed E-state index contributed by atoms with van der Waals surface area (Å²) in [5.74, 6) is 0.529. The van der Waals surface area contributed by atoms with Crippen LogP contribution >= 0.6 is 0 Å². The van der Waals surface area contributed by atoms with Gasteiger partial charge in [0.2, 0.25) is 0 Å². The van der Waals surface area contributed by atoms with Gasteiger partial charge in [-0.25, -0.2) is 0 Å². The smallest absolute Gasteiger partial charge is 0.0603 e. The largest absolute Gasteiger partial charge is 0.381 e. The highest BCUT2D eigenvalue weighted by molar-refractivity contribution is 5.28. The van der Waals surface area contributed by atoms with E-state index in [4.69, 9.17) is 4.74 Å². The Hall–Kier alpha value is -0.860. The van der Waals surface area contributed by atoms with Gasteiger partial charge >= 0.3 is 0 Å². The molecule has 18 heavy (non-hydrogen) atoms. The van der Waals surface area contributed by atoms with E-state index < -0.39 is 0 Å². The van der Waals surface area contributed by atoms with Crippen molar-refractivity contribution < 1.29 is 4.74 Å². The van der Waals surface area contributed by atoms with Crippen molar-refractivity contribution in [3.05, 3.63) is 35.4 Å². The van der Waals surface area contributed by atoms with Crippen LogP contribution in [-0.2, 0) is 4.74 Å². The maximum atomic E-state index is 5.65. The molecule has 1 aliphatic heterocycles. The third kappa shape index (κ3) is 2.45. The van der Waals surface area contributed by atoms with Gasteiger partial charge in [0.15, 0.2) is 0 Å². The van der Waals surface area contributed by atoms with Crippen LogP contribution in [0.5, 0.6) is 0 Å². The first-order chi connectivity index (χ1) is 8.58. The fraction of sp³-hybridized carbons (Fsp3) is 0.625. The average molecular weight is 247 g/mol. The number of ether oxygens (including phenoxy) is 1. The summed E-state index contributed by atoms with van der Waals surface area (Å²) in [5, 5.41) is 3.53. The second kappa shape index (κ2) is 5.41. The van der Waals surface area contributed by atoms with Gasteiger partial charge in [0.1, 0.15) is 0 Å². The third-order valence-electron chi connectivity index (χ3n) is 4.71. The standard InChI is InChI=1S/C16H25NO/c1-12-6-5-7-14(10-12)15-11-17-9-8-16(15,3)13(2)18-4/h5-7,10,13,15,17H,8-9,11H2,1-4H3. The van der Waals surface area contributed by atoms with E-state index in [-0.39, 0.29) is 11.5 Å². The predicted octanol–water partition coefficient (Wildman–Crippen LogP) is 3.11. The molecule has 1 aliphatic rings. The quantitative estimate of drug-likeness (QED) is 0.886. The number of benzene rings is 1. The lowest BCUT2D eigenvalue weighted by molar-refractivity contribution is -0.0207. The Bertz CT molecular complexity index is 404. The van der Waals surface area contributed by atoms with Crippen molar-refractivity contribution in [2.24, 2.45) is 5.41 Å². The Morgan fingerprint density at radius 1 is 1.44 bits per heavy atom. The molecule has 2 heteroatoms. The second-order valence-electron chi connectivity index (χ2n) is 5.80. The summed E-state index contributed by atoms with van der Waals surface area (Å²) in [7, 11) is 1.82. The van der Waals surface area contributed by atoms with E-state index in [2.05, 4.69) is 50.4 Å². The molecule has 1 fully saturated rings. The summed E-state index contributed by atoms with van der Waals surface area (Å²) < 4.78 is 5.65. The van der Waals surface area contributed by atoms with Gasteiger partial charge in [-0.05, 0) is 32.4 Å². The SMILES string of the molecule is COC(C)C1(C)CCNCC1c1cccc(C)c1. The van der Waals surface area contributed by atoms with Gasteiger partial charge in [0.05, 0.1) is 6.10 Å². The molecular formula is C16H25NO. The summed E-state index contributed by atoms with van der Waals surface area (Å²) in [5.41, 5.74) is 2.99. The first-order valence-corrected chi connectivity index (χ1v) is 6.88. The zero-order valence-corrected chi connectivity index (χ0v) is 12.0. The van der Waals surface area contributed by atoms with E-state index in [1.54, 1.807) is 0 Å². The fourth-order valence-electron chi connectivity index (χ4n) is 3.15. The van der Waals surface area contributed by atoms with Crippen LogP contribution in [0.1, 0.15) is 37.3 Å². The Morgan fingerprint density at radius 2 is 2.22 bits per heavy atom. The summed E-state index contributed by atoms with van der Waals surface area (Å²) in [6.07, 6.45) is 1.45. The zero-order valence-electron chi connectivity index (χ0n) is 12.0. The van der Waals surface area contributed by atoms with Crippen molar-refractivity contribution in [2.45, 2.75) is 39.2 Å². The lowest BCUT2D eigenvalue weighted by atomic mass is 9.66. The Balaban J connectivity index is 2.33. The molecule has 1 saturated heterocycles. The van der Waals surface area contributed by atoms with Gasteiger partial charge < -0.3 is 10.1 Å². The van der Waals surface area contributed by atoms with Crippen molar-refractivity contribution in [3.8, 4) is 0 Å². The van der Waals surface area contributed by atoms with Gasteiger partial charge in [-0.15, -0.1) is 0 Å². The summed E-state index contributed by atoms with van der Waals surface area (Å²) in [6, 6.07) is 8.90. The van der Waals surface area contributed by atoms with E-state index >= 15 is 0 Å². The molecule has 0 aromatic heterocycles. The van der Waals surface area contributed by atoms with Crippen molar-refractivity contribution in [3.63, 3.8) is 0 Å². The van der Waals surface area contributed by atoms with Crippen LogP contribution < -0.4 is 5.32 Å². The van der Waals surface area contributed by atoms with Gasteiger partial charge in [-0.1, -0.05) is 36.8 Å². The molecule has 1 heterocycles.